The number of amides is 1. The van der Waals surface area contributed by atoms with Crippen LogP contribution in [0.5, 0.6) is 0 Å². The highest BCUT2D eigenvalue weighted by Gasteiger charge is 2.05. The first kappa shape index (κ1) is 14.6. The minimum atomic E-state index is -0.0833. The van der Waals surface area contributed by atoms with Crippen molar-refractivity contribution in [2.75, 3.05) is 17.2 Å². The second kappa shape index (κ2) is 6.62. The Morgan fingerprint density at radius 1 is 0.909 bits per heavy atom. The molecule has 0 aliphatic carbocycles. The molecule has 110 valence electrons. The normalized spacial score (nSPS) is 10.4. The van der Waals surface area contributed by atoms with Gasteiger partial charge in [0.1, 0.15) is 0 Å². The Morgan fingerprint density at radius 2 is 1.64 bits per heavy atom. The zero-order chi connectivity index (χ0) is 15.4. The van der Waals surface area contributed by atoms with E-state index in [0.717, 1.165) is 21.2 Å². The van der Waals surface area contributed by atoms with E-state index in [-0.39, 0.29) is 12.5 Å². The van der Waals surface area contributed by atoms with Crippen LogP contribution in [-0.4, -0.2) is 12.5 Å². The lowest BCUT2D eigenvalue weighted by Gasteiger charge is -2.09. The van der Waals surface area contributed by atoms with Gasteiger partial charge in [0.15, 0.2) is 0 Å². The Morgan fingerprint density at radius 3 is 2.45 bits per heavy atom. The monoisotopic (exact) mass is 354 g/mol. The molecule has 0 spiro atoms. The number of halogens is 1. The molecule has 3 rings (SSSR count). The number of benzene rings is 3. The van der Waals surface area contributed by atoms with Crippen LogP contribution in [0.15, 0.2) is 71.2 Å². The number of hydrogen-bond donors (Lipinski definition) is 2. The van der Waals surface area contributed by atoms with Crippen LogP contribution < -0.4 is 10.6 Å². The van der Waals surface area contributed by atoms with Crippen LogP contribution in [0.2, 0.25) is 0 Å². The summed E-state index contributed by atoms with van der Waals surface area (Å²) in [6, 6.07) is 21.8. The maximum atomic E-state index is 12.0. The predicted molar refractivity (Wildman–Crippen MR) is 95.2 cm³/mol. The van der Waals surface area contributed by atoms with Crippen molar-refractivity contribution in [2.45, 2.75) is 0 Å². The molecular formula is C18H15BrN2O. The third-order valence-electron chi connectivity index (χ3n) is 3.35. The molecule has 0 aromatic heterocycles. The third kappa shape index (κ3) is 3.46. The van der Waals surface area contributed by atoms with Crippen LogP contribution in [0.25, 0.3) is 10.8 Å². The van der Waals surface area contributed by atoms with Gasteiger partial charge >= 0.3 is 0 Å². The summed E-state index contributed by atoms with van der Waals surface area (Å²) in [6.07, 6.45) is 0. The fraction of sp³-hybridized carbons (Fsp3) is 0.0556. The molecule has 0 aliphatic heterocycles. The second-order valence-electron chi connectivity index (χ2n) is 4.94. The van der Waals surface area contributed by atoms with Crippen molar-refractivity contribution in [1.29, 1.82) is 0 Å². The summed E-state index contributed by atoms with van der Waals surface area (Å²) in [4.78, 5) is 12.0. The minimum Gasteiger partial charge on any atom is -0.376 e. The smallest absolute Gasteiger partial charge is 0.243 e. The highest BCUT2D eigenvalue weighted by atomic mass is 79.9. The Bertz CT molecular complexity index is 817. The lowest BCUT2D eigenvalue weighted by molar-refractivity contribution is -0.114. The Kier molecular flexibility index (Phi) is 4.39. The van der Waals surface area contributed by atoms with Gasteiger partial charge in [-0.05, 0) is 51.0 Å². The SMILES string of the molecule is O=C(CNc1ccc2ccccc2c1)Nc1ccccc1Br. The predicted octanol–water partition coefficient (Wildman–Crippen LogP) is 4.65. The van der Waals surface area contributed by atoms with Crippen LogP contribution in [0.1, 0.15) is 0 Å². The van der Waals surface area contributed by atoms with Crippen molar-refractivity contribution in [3.8, 4) is 0 Å². The highest BCUT2D eigenvalue weighted by molar-refractivity contribution is 9.10. The molecule has 0 fully saturated rings. The maximum absolute atomic E-state index is 12.0. The molecule has 0 atom stereocenters. The van der Waals surface area contributed by atoms with E-state index in [4.69, 9.17) is 0 Å². The van der Waals surface area contributed by atoms with Crippen LogP contribution in [0, 0.1) is 0 Å². The molecule has 3 aromatic rings. The number of carbonyl (C=O) groups is 1. The van der Waals surface area contributed by atoms with Gasteiger partial charge in [0, 0.05) is 10.2 Å². The summed E-state index contributed by atoms with van der Waals surface area (Å²) in [5.41, 5.74) is 1.70. The van der Waals surface area contributed by atoms with Crippen LogP contribution >= 0.6 is 15.9 Å². The van der Waals surface area contributed by atoms with Crippen LogP contribution in [-0.2, 0) is 4.79 Å². The number of nitrogens with one attached hydrogen (secondary N) is 2. The minimum absolute atomic E-state index is 0.0833. The van der Waals surface area contributed by atoms with Crippen molar-refractivity contribution < 1.29 is 4.79 Å². The van der Waals surface area contributed by atoms with Crippen molar-refractivity contribution in [3.63, 3.8) is 0 Å². The van der Waals surface area contributed by atoms with Gasteiger partial charge in [-0.2, -0.15) is 0 Å². The number of carbonyl (C=O) groups excluding carboxylic acids is 1. The molecule has 22 heavy (non-hydrogen) atoms. The van der Waals surface area contributed by atoms with Gasteiger partial charge in [-0.25, -0.2) is 0 Å². The zero-order valence-corrected chi connectivity index (χ0v) is 13.4. The Balaban J connectivity index is 1.63. The molecule has 2 N–H and O–H groups in total. The highest BCUT2D eigenvalue weighted by Crippen LogP contribution is 2.21. The molecule has 0 aliphatic rings. The second-order valence-corrected chi connectivity index (χ2v) is 5.80. The number of rotatable bonds is 4. The van der Waals surface area contributed by atoms with Crippen molar-refractivity contribution in [1.82, 2.24) is 0 Å². The molecule has 0 radical (unpaired) electrons. The van der Waals surface area contributed by atoms with Gasteiger partial charge in [-0.15, -0.1) is 0 Å². The fourth-order valence-corrected chi connectivity index (χ4v) is 2.62. The standard InChI is InChI=1S/C18H15BrN2O/c19-16-7-3-4-8-17(16)21-18(22)12-20-15-10-9-13-5-1-2-6-14(13)11-15/h1-11,20H,12H2,(H,21,22). The van der Waals surface area contributed by atoms with E-state index in [2.05, 4.69) is 38.7 Å². The van der Waals surface area contributed by atoms with Gasteiger partial charge in [-0.3, -0.25) is 4.79 Å². The first-order chi connectivity index (χ1) is 10.7. The molecule has 3 nitrogen and oxygen atoms in total. The molecule has 0 bridgehead atoms. The van der Waals surface area contributed by atoms with E-state index in [9.17, 15) is 4.79 Å². The summed E-state index contributed by atoms with van der Waals surface area (Å²) in [7, 11) is 0. The summed E-state index contributed by atoms with van der Waals surface area (Å²) in [6.45, 7) is 0.222. The van der Waals surface area contributed by atoms with Gasteiger partial charge in [-0.1, -0.05) is 42.5 Å². The summed E-state index contributed by atoms with van der Waals surface area (Å²) < 4.78 is 0.869. The molecule has 1 amide bonds. The first-order valence-electron chi connectivity index (χ1n) is 6.99. The van der Waals surface area contributed by atoms with E-state index in [1.165, 1.54) is 5.39 Å². The third-order valence-corrected chi connectivity index (χ3v) is 4.04. The summed E-state index contributed by atoms with van der Waals surface area (Å²) in [5, 5.41) is 8.36. The van der Waals surface area contributed by atoms with Crippen molar-refractivity contribution in [2.24, 2.45) is 0 Å². The van der Waals surface area contributed by atoms with Crippen molar-refractivity contribution >= 4 is 44.0 Å². The quantitative estimate of drug-likeness (QED) is 0.715. The van der Waals surface area contributed by atoms with E-state index in [0.29, 0.717) is 0 Å². The number of para-hydroxylation sites is 1. The molecule has 0 unspecified atom stereocenters. The van der Waals surface area contributed by atoms with Gasteiger partial charge in [0.05, 0.1) is 12.2 Å². The molecular weight excluding hydrogens is 340 g/mol. The maximum Gasteiger partial charge on any atom is 0.243 e. The average Bonchev–Trinajstić information content (AvgIpc) is 2.55. The molecule has 4 heteroatoms. The lowest BCUT2D eigenvalue weighted by atomic mass is 10.1. The van der Waals surface area contributed by atoms with E-state index in [1.807, 2.05) is 54.6 Å². The van der Waals surface area contributed by atoms with Gasteiger partial charge in [0.25, 0.3) is 0 Å². The van der Waals surface area contributed by atoms with E-state index < -0.39 is 0 Å². The molecule has 0 saturated heterocycles. The van der Waals surface area contributed by atoms with Gasteiger partial charge in [0.2, 0.25) is 5.91 Å². The van der Waals surface area contributed by atoms with Gasteiger partial charge < -0.3 is 10.6 Å². The number of anilines is 2. The molecule has 0 heterocycles. The number of fused-ring (bicyclic) bond motifs is 1. The molecule has 0 saturated carbocycles. The van der Waals surface area contributed by atoms with E-state index >= 15 is 0 Å². The van der Waals surface area contributed by atoms with Crippen LogP contribution in [0.3, 0.4) is 0 Å². The lowest BCUT2D eigenvalue weighted by Crippen LogP contribution is -2.21. The summed E-state index contributed by atoms with van der Waals surface area (Å²) in [5.74, 6) is -0.0833. The van der Waals surface area contributed by atoms with Crippen LogP contribution in [0.4, 0.5) is 11.4 Å². The molecule has 3 aromatic carbocycles. The average molecular weight is 355 g/mol. The topological polar surface area (TPSA) is 41.1 Å². The first-order valence-corrected chi connectivity index (χ1v) is 7.79. The Hall–Kier alpha value is -2.33. The van der Waals surface area contributed by atoms with Crippen molar-refractivity contribution in [3.05, 3.63) is 71.2 Å². The van der Waals surface area contributed by atoms with E-state index in [1.54, 1.807) is 0 Å². The Labute approximate surface area is 137 Å². The number of hydrogen-bond acceptors (Lipinski definition) is 2. The largest absolute Gasteiger partial charge is 0.376 e. The summed E-state index contributed by atoms with van der Waals surface area (Å²) >= 11 is 3.41. The zero-order valence-electron chi connectivity index (χ0n) is 11.8. The fourth-order valence-electron chi connectivity index (χ4n) is 2.24.